The number of anilines is 1. The predicted molar refractivity (Wildman–Crippen MR) is 84.5 cm³/mol. The molecule has 6 N–H and O–H groups in total. The van der Waals surface area contributed by atoms with E-state index in [9.17, 15) is 13.6 Å². The lowest BCUT2D eigenvalue weighted by Gasteiger charge is -2.14. The van der Waals surface area contributed by atoms with Gasteiger partial charge in [0.05, 0.1) is 4.47 Å². The largest absolute Gasteiger partial charge is 0.466 e. The van der Waals surface area contributed by atoms with Crippen LogP contribution < -0.4 is 15.2 Å². The summed E-state index contributed by atoms with van der Waals surface area (Å²) in [6.07, 6.45) is 1.44. The third-order valence-electron chi connectivity index (χ3n) is 2.62. The smallest absolute Gasteiger partial charge is 0.274 e. The number of aromatic nitrogens is 2. The zero-order chi connectivity index (χ0) is 17.7. The maximum absolute atomic E-state index is 10.7. The van der Waals surface area contributed by atoms with Crippen molar-refractivity contribution in [1.29, 1.82) is 5.41 Å². The molecule has 0 bridgehead atoms. The zero-order valence-corrected chi connectivity index (χ0v) is 14.5. The van der Waals surface area contributed by atoms with Crippen molar-refractivity contribution in [3.63, 3.8) is 0 Å². The average Bonchev–Trinajstić information content (AvgIpc) is 3.11. The Bertz CT molecular complexity index is 804. The van der Waals surface area contributed by atoms with Gasteiger partial charge < -0.3 is 9.73 Å². The number of hydrogen-bond donors (Lipinski definition) is 5. The second kappa shape index (κ2) is 7.71. The van der Waals surface area contributed by atoms with E-state index in [1.807, 2.05) is 0 Å². The highest BCUT2D eigenvalue weighted by molar-refractivity contribution is 9.10. The highest BCUT2D eigenvalue weighted by Crippen LogP contribution is 2.17. The molecule has 0 aliphatic rings. The molecule has 0 atom stereocenters. The molecule has 0 spiro atoms. The van der Waals surface area contributed by atoms with Crippen molar-refractivity contribution >= 4 is 37.8 Å². The van der Waals surface area contributed by atoms with Gasteiger partial charge in [-0.2, -0.15) is 8.42 Å². The van der Waals surface area contributed by atoms with E-state index in [-0.39, 0.29) is 37.0 Å². The molecule has 132 valence electrons. The molecule has 0 unspecified atom stereocenters. The second-order valence-electron chi connectivity index (χ2n) is 4.47. The first kappa shape index (κ1) is 18.3. The number of nitrogens with one attached hydrogen (secondary N) is 3. The van der Waals surface area contributed by atoms with E-state index >= 15 is 0 Å². The van der Waals surface area contributed by atoms with E-state index in [0.717, 1.165) is 0 Å². The van der Waals surface area contributed by atoms with Crippen LogP contribution in [0.4, 0.5) is 5.82 Å². The average molecular weight is 424 g/mol. The molecule has 14 heteroatoms. The predicted octanol–water partition coefficient (Wildman–Crippen LogP) is -0.153. The second-order valence-corrected chi connectivity index (χ2v) is 6.76. The van der Waals surface area contributed by atoms with Gasteiger partial charge in [-0.25, -0.2) is 19.6 Å². The van der Waals surface area contributed by atoms with Crippen molar-refractivity contribution in [3.8, 4) is 0 Å². The summed E-state index contributed by atoms with van der Waals surface area (Å²) >= 11 is 3.21. The molecular weight excluding hydrogens is 410 g/mol. The van der Waals surface area contributed by atoms with Crippen molar-refractivity contribution in [2.75, 3.05) is 18.4 Å². The number of furan rings is 1. The van der Waals surface area contributed by atoms with Crippen molar-refractivity contribution < 1.29 is 22.7 Å². The minimum atomic E-state index is -3.79. The van der Waals surface area contributed by atoms with E-state index in [1.54, 1.807) is 6.07 Å². The Hall–Kier alpha value is -2.00. The number of nitrogens with two attached hydrogens (primary N) is 1. The van der Waals surface area contributed by atoms with Gasteiger partial charge in [0.15, 0.2) is 11.5 Å². The van der Waals surface area contributed by atoms with Crippen molar-refractivity contribution in [2.45, 2.75) is 6.54 Å². The maximum Gasteiger partial charge on any atom is 0.274 e. The highest BCUT2D eigenvalue weighted by atomic mass is 79.9. The van der Waals surface area contributed by atoms with Gasteiger partial charge in [-0.05, 0) is 32.3 Å². The molecule has 24 heavy (non-hydrogen) atoms. The molecule has 0 fully saturated rings. The fourth-order valence-electron chi connectivity index (χ4n) is 1.62. The lowest BCUT2D eigenvalue weighted by molar-refractivity contribution is -0.0282. The summed E-state index contributed by atoms with van der Waals surface area (Å²) in [5, 5.41) is 33.0. The van der Waals surface area contributed by atoms with Crippen LogP contribution in [0.1, 0.15) is 11.5 Å². The van der Waals surface area contributed by atoms with Gasteiger partial charge in [0.25, 0.3) is 10.2 Å². The zero-order valence-electron chi connectivity index (χ0n) is 12.1. The van der Waals surface area contributed by atoms with Gasteiger partial charge in [0.1, 0.15) is 18.6 Å². The Morgan fingerprint density at radius 2 is 2.21 bits per heavy atom. The van der Waals surface area contributed by atoms with E-state index in [2.05, 4.69) is 40.9 Å². The number of hydrogen-bond acceptors (Lipinski definition) is 9. The number of nitrogens with zero attached hydrogens (tertiary/aromatic N) is 3. The molecular formula is C10H14BrN7O5S. The van der Waals surface area contributed by atoms with Crippen LogP contribution in [0, 0.1) is 5.41 Å². The Morgan fingerprint density at radius 3 is 2.83 bits per heavy atom. The van der Waals surface area contributed by atoms with Crippen LogP contribution >= 0.6 is 15.9 Å². The molecule has 0 saturated carbocycles. The van der Waals surface area contributed by atoms with Gasteiger partial charge in [0, 0.05) is 13.1 Å². The summed E-state index contributed by atoms with van der Waals surface area (Å²) < 4.78 is 33.9. The molecule has 0 aliphatic heterocycles. The molecule has 2 heterocycles. The number of halogens is 1. The normalized spacial score (nSPS) is 11.5. The fourth-order valence-corrected chi connectivity index (χ4v) is 2.36. The highest BCUT2D eigenvalue weighted by Gasteiger charge is 2.20. The molecule has 2 aromatic heterocycles. The van der Waals surface area contributed by atoms with E-state index in [1.165, 1.54) is 6.26 Å². The Morgan fingerprint density at radius 1 is 1.46 bits per heavy atom. The van der Waals surface area contributed by atoms with Gasteiger partial charge in [-0.15, -0.1) is 0 Å². The summed E-state index contributed by atoms with van der Waals surface area (Å²) in [6, 6.07) is 1.63. The Balaban J connectivity index is 1.94. The van der Waals surface area contributed by atoms with Gasteiger partial charge in [-0.3, -0.25) is 10.6 Å². The molecule has 0 saturated heterocycles. The Kier molecular flexibility index (Phi) is 5.89. The SMILES string of the molecule is N=C(c1nonc1NCCNS(N)(=O)=O)N(O)Cc1cc(Br)co1. The van der Waals surface area contributed by atoms with E-state index in [4.69, 9.17) is 15.0 Å². The minimum Gasteiger partial charge on any atom is -0.466 e. The lowest BCUT2D eigenvalue weighted by atomic mass is 10.3. The summed E-state index contributed by atoms with van der Waals surface area (Å²) in [5.74, 6) is 0.0963. The van der Waals surface area contributed by atoms with Crippen molar-refractivity contribution in [3.05, 3.63) is 28.3 Å². The first-order valence-corrected chi connectivity index (χ1v) is 8.72. The quantitative estimate of drug-likeness (QED) is 0.166. The molecule has 2 aromatic rings. The molecule has 0 amide bonds. The van der Waals surface area contributed by atoms with Crippen LogP contribution in [0.5, 0.6) is 0 Å². The van der Waals surface area contributed by atoms with Crippen LogP contribution in [0.3, 0.4) is 0 Å². The topological polar surface area (TPSA) is 184 Å². The molecule has 0 radical (unpaired) electrons. The molecule has 0 aromatic carbocycles. The molecule has 12 nitrogen and oxygen atoms in total. The Labute approximate surface area is 144 Å². The van der Waals surface area contributed by atoms with Crippen molar-refractivity contribution in [2.24, 2.45) is 5.14 Å². The van der Waals surface area contributed by atoms with Crippen LogP contribution in [-0.2, 0) is 16.8 Å². The molecule has 2 rings (SSSR count). The standard InChI is InChI=1S/C10H14BrN7O5S/c11-6-3-7(22-5-6)4-18(19)9(12)8-10(17-23-16-8)14-1-2-15-24(13,20)21/h3,5,12,15,19H,1-2,4H2,(H,14,17)(H2,13,20,21). The van der Waals surface area contributed by atoms with Crippen LogP contribution in [0.25, 0.3) is 0 Å². The summed E-state index contributed by atoms with van der Waals surface area (Å²) in [6.45, 7) is 0.00686. The minimum absolute atomic E-state index is 0.0122. The van der Waals surface area contributed by atoms with E-state index in [0.29, 0.717) is 15.3 Å². The van der Waals surface area contributed by atoms with Gasteiger partial charge in [0.2, 0.25) is 5.82 Å². The summed E-state index contributed by atoms with van der Waals surface area (Å²) in [4.78, 5) is 0. The number of rotatable bonds is 8. The first-order valence-electron chi connectivity index (χ1n) is 6.38. The maximum atomic E-state index is 10.7. The van der Waals surface area contributed by atoms with Crippen LogP contribution in [0.2, 0.25) is 0 Å². The third-order valence-corrected chi connectivity index (χ3v) is 3.64. The summed E-state index contributed by atoms with van der Waals surface area (Å²) in [5.41, 5.74) is -0.0567. The fraction of sp³-hybridized carbons (Fsp3) is 0.300. The monoisotopic (exact) mass is 423 g/mol. The number of hydroxylamine groups is 2. The van der Waals surface area contributed by atoms with Crippen molar-refractivity contribution in [1.82, 2.24) is 20.1 Å². The van der Waals surface area contributed by atoms with Crippen LogP contribution in [-0.4, -0.2) is 47.9 Å². The number of amidine groups is 1. The molecule has 0 aliphatic carbocycles. The van der Waals surface area contributed by atoms with Gasteiger partial charge >= 0.3 is 0 Å². The summed E-state index contributed by atoms with van der Waals surface area (Å²) in [7, 11) is -3.79. The lowest BCUT2D eigenvalue weighted by Crippen LogP contribution is -2.34. The first-order chi connectivity index (χ1) is 11.3. The van der Waals surface area contributed by atoms with E-state index < -0.39 is 10.2 Å². The van der Waals surface area contributed by atoms with Gasteiger partial charge in [-0.1, -0.05) is 0 Å². The van der Waals surface area contributed by atoms with Crippen LogP contribution in [0.15, 0.2) is 25.8 Å². The third kappa shape index (κ3) is 5.27.